The molecule has 30 heavy (non-hydrogen) atoms. The first-order chi connectivity index (χ1) is 13.8. The molecular formula is C20H28O10. The molecule has 0 saturated carbocycles. The Bertz CT molecular complexity index is 673. The van der Waals surface area contributed by atoms with Gasteiger partial charge in [0.15, 0.2) is 0 Å². The smallest absolute Gasteiger partial charge is 0.333 e. The molecule has 1 atom stereocenters. The van der Waals surface area contributed by atoms with Crippen LogP contribution in [-0.2, 0) is 43.0 Å². The van der Waals surface area contributed by atoms with Crippen LogP contribution >= 0.6 is 0 Å². The largest absolute Gasteiger partial charge is 0.481 e. The SMILES string of the molecule is C=C(C)C(=O)OCCC(C(C)=O)C(=O)O.C=C(C)C(=O)OCCOC(=O)CC(C)=O. The van der Waals surface area contributed by atoms with E-state index in [1.165, 1.54) is 27.7 Å². The number of ether oxygens (including phenoxy) is 3. The zero-order chi connectivity index (χ0) is 23.9. The van der Waals surface area contributed by atoms with Gasteiger partial charge in [0.25, 0.3) is 0 Å². The van der Waals surface area contributed by atoms with E-state index in [2.05, 4.69) is 27.4 Å². The minimum absolute atomic E-state index is 0.0102. The highest BCUT2D eigenvalue weighted by Gasteiger charge is 2.22. The molecule has 0 radical (unpaired) electrons. The van der Waals surface area contributed by atoms with Gasteiger partial charge in [0.2, 0.25) is 0 Å². The molecule has 10 heteroatoms. The Labute approximate surface area is 174 Å². The van der Waals surface area contributed by atoms with Gasteiger partial charge in [-0.1, -0.05) is 13.2 Å². The number of esters is 3. The Hall–Kier alpha value is -3.30. The van der Waals surface area contributed by atoms with Crippen LogP contribution in [0.4, 0.5) is 0 Å². The third kappa shape index (κ3) is 15.7. The van der Waals surface area contributed by atoms with Gasteiger partial charge in [0.05, 0.1) is 6.61 Å². The highest BCUT2D eigenvalue weighted by Crippen LogP contribution is 2.06. The van der Waals surface area contributed by atoms with Crippen LogP contribution in [-0.4, -0.2) is 60.4 Å². The van der Waals surface area contributed by atoms with Crippen molar-refractivity contribution >= 4 is 35.4 Å². The molecule has 0 rings (SSSR count). The van der Waals surface area contributed by atoms with E-state index >= 15 is 0 Å². The lowest BCUT2D eigenvalue weighted by Gasteiger charge is -2.08. The topological polar surface area (TPSA) is 150 Å². The zero-order valence-electron chi connectivity index (χ0n) is 17.6. The van der Waals surface area contributed by atoms with Gasteiger partial charge in [0, 0.05) is 17.6 Å². The summed E-state index contributed by atoms with van der Waals surface area (Å²) in [5, 5.41) is 8.64. The zero-order valence-corrected chi connectivity index (χ0v) is 17.6. The molecule has 0 aliphatic carbocycles. The molecule has 0 heterocycles. The molecule has 1 N–H and O–H groups in total. The van der Waals surface area contributed by atoms with Crippen LogP contribution < -0.4 is 0 Å². The molecular weight excluding hydrogens is 400 g/mol. The van der Waals surface area contributed by atoms with Crippen LogP contribution in [0.25, 0.3) is 0 Å². The monoisotopic (exact) mass is 428 g/mol. The number of ketones is 2. The van der Waals surface area contributed by atoms with Crippen molar-refractivity contribution in [3.63, 3.8) is 0 Å². The van der Waals surface area contributed by atoms with Crippen LogP contribution in [0, 0.1) is 5.92 Å². The summed E-state index contributed by atoms with van der Waals surface area (Å²) in [5.74, 6) is -4.75. The van der Waals surface area contributed by atoms with Crippen molar-refractivity contribution in [3.05, 3.63) is 24.3 Å². The van der Waals surface area contributed by atoms with E-state index in [4.69, 9.17) is 5.11 Å². The highest BCUT2D eigenvalue weighted by molar-refractivity contribution is 5.97. The Morgan fingerprint density at radius 3 is 1.57 bits per heavy atom. The minimum Gasteiger partial charge on any atom is -0.481 e. The molecule has 0 saturated heterocycles. The molecule has 0 aliphatic heterocycles. The standard InChI is InChI=1S/2C10H14O5/c1-7(2)10(13)15-5-4-14-9(12)6-8(3)11;1-6(2)10(14)15-5-4-8(7(3)11)9(12)13/h1,4-6H2,2-3H3;8H,1,4-5H2,2-3H3,(H,12,13). The fourth-order valence-electron chi connectivity index (χ4n) is 1.56. The van der Waals surface area contributed by atoms with Gasteiger partial charge in [-0.2, -0.15) is 0 Å². The molecule has 10 nitrogen and oxygen atoms in total. The molecule has 0 bridgehead atoms. The average Bonchev–Trinajstić information content (AvgIpc) is 2.60. The van der Waals surface area contributed by atoms with Gasteiger partial charge >= 0.3 is 23.9 Å². The summed E-state index contributed by atoms with van der Waals surface area (Å²) in [7, 11) is 0. The molecule has 0 amide bonds. The van der Waals surface area contributed by atoms with Crippen molar-refractivity contribution in [2.24, 2.45) is 5.92 Å². The predicted molar refractivity (Wildman–Crippen MR) is 104 cm³/mol. The van der Waals surface area contributed by atoms with Gasteiger partial charge < -0.3 is 19.3 Å². The van der Waals surface area contributed by atoms with Crippen molar-refractivity contribution in [3.8, 4) is 0 Å². The third-order valence-electron chi connectivity index (χ3n) is 3.10. The van der Waals surface area contributed by atoms with Crippen LogP contribution in [0.1, 0.15) is 40.5 Å². The lowest BCUT2D eigenvalue weighted by atomic mass is 10.0. The molecule has 0 aromatic rings. The summed E-state index contributed by atoms with van der Waals surface area (Å²) in [5.41, 5.74) is 0.523. The molecule has 0 aromatic carbocycles. The van der Waals surface area contributed by atoms with E-state index in [1.54, 1.807) is 0 Å². The van der Waals surface area contributed by atoms with Crippen LogP contribution in [0.2, 0.25) is 0 Å². The summed E-state index contributed by atoms with van der Waals surface area (Å²) in [6.07, 6.45) is -0.266. The number of Topliss-reactive ketones (excluding diaryl/α,β-unsaturated/α-hetero) is 2. The Balaban J connectivity index is 0. The van der Waals surface area contributed by atoms with E-state index in [1.807, 2.05) is 0 Å². The number of aliphatic carboxylic acids is 1. The predicted octanol–water partition coefficient (Wildman–Crippen LogP) is 1.41. The molecule has 0 spiro atoms. The number of carbonyl (C=O) groups excluding carboxylic acids is 5. The first-order valence-electron chi connectivity index (χ1n) is 8.83. The first-order valence-corrected chi connectivity index (χ1v) is 8.83. The molecule has 0 fully saturated rings. The average molecular weight is 428 g/mol. The maximum Gasteiger partial charge on any atom is 0.333 e. The van der Waals surface area contributed by atoms with Crippen molar-refractivity contribution in [1.29, 1.82) is 0 Å². The van der Waals surface area contributed by atoms with Crippen molar-refractivity contribution in [2.45, 2.75) is 40.5 Å². The normalized spacial score (nSPS) is 10.4. The van der Waals surface area contributed by atoms with Crippen molar-refractivity contribution < 1.29 is 48.1 Å². The fourth-order valence-corrected chi connectivity index (χ4v) is 1.56. The Kier molecular flexibility index (Phi) is 15.0. The number of carboxylic acids is 1. The summed E-state index contributed by atoms with van der Waals surface area (Å²) in [4.78, 5) is 64.5. The van der Waals surface area contributed by atoms with E-state index < -0.39 is 35.6 Å². The van der Waals surface area contributed by atoms with E-state index in [0.717, 1.165) is 0 Å². The third-order valence-corrected chi connectivity index (χ3v) is 3.10. The number of carbonyl (C=O) groups is 6. The molecule has 0 aliphatic rings. The van der Waals surface area contributed by atoms with Crippen LogP contribution in [0.15, 0.2) is 24.3 Å². The number of hydrogen-bond donors (Lipinski definition) is 1. The second-order valence-corrected chi connectivity index (χ2v) is 6.22. The maximum atomic E-state index is 10.9. The first kappa shape index (κ1) is 28.9. The van der Waals surface area contributed by atoms with Gasteiger partial charge in [-0.05, 0) is 27.7 Å². The Morgan fingerprint density at radius 1 is 0.767 bits per heavy atom. The van der Waals surface area contributed by atoms with Gasteiger partial charge in [0.1, 0.15) is 37.1 Å². The van der Waals surface area contributed by atoms with Crippen molar-refractivity contribution in [2.75, 3.05) is 19.8 Å². The van der Waals surface area contributed by atoms with E-state index in [9.17, 15) is 28.8 Å². The Morgan fingerprint density at radius 2 is 1.20 bits per heavy atom. The summed E-state index contributed by atoms with van der Waals surface area (Å²) in [6, 6.07) is 0. The van der Waals surface area contributed by atoms with Gasteiger partial charge in [-0.3, -0.25) is 19.2 Å². The second-order valence-electron chi connectivity index (χ2n) is 6.22. The molecule has 168 valence electrons. The quantitative estimate of drug-likeness (QED) is 0.159. The second kappa shape index (κ2) is 15.6. The highest BCUT2D eigenvalue weighted by atomic mass is 16.6. The van der Waals surface area contributed by atoms with E-state index in [-0.39, 0.29) is 49.6 Å². The lowest BCUT2D eigenvalue weighted by Crippen LogP contribution is -2.23. The molecule has 1 unspecified atom stereocenters. The summed E-state index contributed by atoms with van der Waals surface area (Å²) >= 11 is 0. The van der Waals surface area contributed by atoms with E-state index in [0.29, 0.717) is 0 Å². The van der Waals surface area contributed by atoms with Crippen LogP contribution in [0.3, 0.4) is 0 Å². The maximum absolute atomic E-state index is 10.9. The van der Waals surface area contributed by atoms with Gasteiger partial charge in [-0.25, -0.2) is 9.59 Å². The molecule has 0 aromatic heterocycles. The van der Waals surface area contributed by atoms with Crippen LogP contribution in [0.5, 0.6) is 0 Å². The van der Waals surface area contributed by atoms with Crippen molar-refractivity contribution in [1.82, 2.24) is 0 Å². The summed E-state index contributed by atoms with van der Waals surface area (Å²) < 4.78 is 14.0. The lowest BCUT2D eigenvalue weighted by molar-refractivity contribution is -0.151. The number of rotatable bonds is 12. The van der Waals surface area contributed by atoms with Gasteiger partial charge in [-0.15, -0.1) is 0 Å². The fraction of sp³-hybridized carbons (Fsp3) is 0.500. The number of hydrogen-bond acceptors (Lipinski definition) is 9. The minimum atomic E-state index is -1.20. The number of carboxylic acid groups (broad SMARTS) is 1. The summed E-state index contributed by atoms with van der Waals surface area (Å²) in [6.45, 7) is 12.1.